The van der Waals surface area contributed by atoms with Crippen LogP contribution in [0.1, 0.15) is 60.3 Å². The van der Waals surface area contributed by atoms with E-state index in [4.69, 9.17) is 5.73 Å². The van der Waals surface area contributed by atoms with Crippen molar-refractivity contribution in [2.24, 2.45) is 11.7 Å². The lowest BCUT2D eigenvalue weighted by Crippen LogP contribution is -2.33. The summed E-state index contributed by atoms with van der Waals surface area (Å²) >= 11 is 0. The van der Waals surface area contributed by atoms with Crippen molar-refractivity contribution in [3.8, 4) is 0 Å². The van der Waals surface area contributed by atoms with Crippen LogP contribution in [0, 0.1) is 5.92 Å². The van der Waals surface area contributed by atoms with Gasteiger partial charge in [-0.2, -0.15) is 0 Å². The van der Waals surface area contributed by atoms with Crippen LogP contribution in [0.5, 0.6) is 0 Å². The number of hydrogen-bond acceptors (Lipinski definition) is 2. The summed E-state index contributed by atoms with van der Waals surface area (Å²) in [6.45, 7) is 9.96. The molecule has 86 valence electrons. The molecule has 0 fully saturated rings. The van der Waals surface area contributed by atoms with E-state index >= 15 is 0 Å². The van der Waals surface area contributed by atoms with E-state index in [1.165, 1.54) is 12.8 Å². The first-order valence-electron chi connectivity index (χ1n) is 5.88. The molecule has 0 bridgehead atoms. The lowest BCUT2D eigenvalue weighted by atomic mass is 9.98. The van der Waals surface area contributed by atoms with Crippen LogP contribution in [0.15, 0.2) is 0 Å². The van der Waals surface area contributed by atoms with Crippen LogP contribution in [0.4, 0.5) is 0 Å². The molecule has 0 spiro atoms. The summed E-state index contributed by atoms with van der Waals surface area (Å²) in [7, 11) is 0. The molecule has 2 heteroatoms. The van der Waals surface area contributed by atoms with E-state index in [-0.39, 0.29) is 17.7 Å². The highest BCUT2D eigenvalue weighted by molar-refractivity contribution is 5.85. The predicted octanol–water partition coefficient (Wildman–Crippen LogP) is 3.15. The lowest BCUT2D eigenvalue weighted by molar-refractivity contribution is -0.123. The van der Waals surface area contributed by atoms with Crippen molar-refractivity contribution >= 4 is 5.78 Å². The third-order valence-electron chi connectivity index (χ3n) is 2.05. The van der Waals surface area contributed by atoms with Gasteiger partial charge in [-0.1, -0.05) is 53.9 Å². The van der Waals surface area contributed by atoms with E-state index in [2.05, 4.69) is 6.92 Å². The molecule has 2 N–H and O–H groups in total. The summed E-state index contributed by atoms with van der Waals surface area (Å²) in [4.78, 5) is 11.3. The normalized spacial score (nSPS) is 11.9. The molecular weight excluding hydrogens is 174 g/mol. The van der Waals surface area contributed by atoms with Crippen molar-refractivity contribution in [1.82, 2.24) is 0 Å². The Morgan fingerprint density at radius 1 is 1.21 bits per heavy atom. The predicted molar refractivity (Wildman–Crippen MR) is 63.3 cm³/mol. The van der Waals surface area contributed by atoms with Gasteiger partial charge < -0.3 is 5.73 Å². The maximum absolute atomic E-state index is 11.3. The molecule has 0 aromatic rings. The summed E-state index contributed by atoms with van der Waals surface area (Å²) in [5.41, 5.74) is 5.71. The van der Waals surface area contributed by atoms with Gasteiger partial charge in [0.2, 0.25) is 0 Å². The van der Waals surface area contributed by atoms with Crippen LogP contribution in [-0.4, -0.2) is 11.8 Å². The van der Waals surface area contributed by atoms with Crippen LogP contribution in [0.3, 0.4) is 0 Å². The van der Waals surface area contributed by atoms with E-state index in [0.29, 0.717) is 0 Å². The number of Topliss-reactive ketones (excluding diaryl/α,β-unsaturated/α-hetero) is 1. The average molecular weight is 201 g/mol. The molecule has 0 saturated carbocycles. The average Bonchev–Trinajstić information content (AvgIpc) is 2.19. The highest BCUT2D eigenvalue weighted by Crippen LogP contribution is 2.06. The maximum Gasteiger partial charge on any atom is 0.152 e. The molecule has 0 saturated heterocycles. The first-order valence-corrected chi connectivity index (χ1v) is 5.88. The minimum Gasteiger partial charge on any atom is -0.321 e. The minimum atomic E-state index is -0.225. The molecule has 0 radical (unpaired) electrons. The molecule has 0 heterocycles. The Balaban J connectivity index is 0. The number of unbranched alkanes of at least 4 members (excludes halogenated alkanes) is 2. The van der Waals surface area contributed by atoms with Crippen LogP contribution < -0.4 is 5.73 Å². The molecule has 0 aliphatic carbocycles. The molecule has 0 aliphatic rings. The second-order valence-electron chi connectivity index (χ2n) is 3.66. The fourth-order valence-electron chi connectivity index (χ4n) is 1.18. The Hall–Kier alpha value is -0.370. The molecular formula is C12H27NO. The van der Waals surface area contributed by atoms with Crippen LogP contribution in [0.25, 0.3) is 0 Å². The topological polar surface area (TPSA) is 43.1 Å². The van der Waals surface area contributed by atoms with Gasteiger partial charge in [0.15, 0.2) is 5.78 Å². The van der Waals surface area contributed by atoms with Crippen LogP contribution in [0.2, 0.25) is 0 Å². The molecule has 2 nitrogen and oxygen atoms in total. The Bertz CT molecular complexity index is 132. The second kappa shape index (κ2) is 10.7. The zero-order valence-electron chi connectivity index (χ0n) is 10.5. The number of nitrogens with two attached hydrogens (primary N) is 1. The van der Waals surface area contributed by atoms with Gasteiger partial charge in [0, 0.05) is 5.92 Å². The molecule has 0 aromatic heterocycles. The fraction of sp³-hybridized carbons (Fsp3) is 0.917. The van der Waals surface area contributed by atoms with Gasteiger partial charge in [0.25, 0.3) is 0 Å². The van der Waals surface area contributed by atoms with Gasteiger partial charge in [0.05, 0.1) is 6.04 Å². The summed E-state index contributed by atoms with van der Waals surface area (Å²) in [6.07, 6.45) is 4.29. The van der Waals surface area contributed by atoms with Gasteiger partial charge in [-0.05, 0) is 6.42 Å². The van der Waals surface area contributed by atoms with Crippen molar-refractivity contribution < 1.29 is 4.79 Å². The van der Waals surface area contributed by atoms with Crippen molar-refractivity contribution in [3.63, 3.8) is 0 Å². The molecule has 0 rings (SSSR count). The number of carbonyl (C=O) groups excluding carboxylic acids is 1. The van der Waals surface area contributed by atoms with Crippen LogP contribution in [-0.2, 0) is 4.79 Å². The molecule has 1 atom stereocenters. The highest BCUT2D eigenvalue weighted by atomic mass is 16.1. The van der Waals surface area contributed by atoms with Gasteiger partial charge >= 0.3 is 0 Å². The third-order valence-corrected chi connectivity index (χ3v) is 2.05. The summed E-state index contributed by atoms with van der Waals surface area (Å²) in [5.74, 6) is 0.285. The van der Waals surface area contributed by atoms with E-state index in [9.17, 15) is 4.79 Å². The van der Waals surface area contributed by atoms with Gasteiger partial charge in [-0.25, -0.2) is 0 Å². The van der Waals surface area contributed by atoms with Crippen molar-refractivity contribution in [2.75, 3.05) is 0 Å². The monoisotopic (exact) mass is 201 g/mol. The summed E-state index contributed by atoms with van der Waals surface area (Å²) < 4.78 is 0. The smallest absolute Gasteiger partial charge is 0.152 e. The molecule has 0 aromatic carbocycles. The Kier molecular flexibility index (Phi) is 12.3. The van der Waals surface area contributed by atoms with E-state index in [1.807, 2.05) is 27.7 Å². The number of carbonyl (C=O) groups is 1. The molecule has 1 unspecified atom stereocenters. The first-order chi connectivity index (χ1) is 6.59. The van der Waals surface area contributed by atoms with Gasteiger partial charge in [0.1, 0.15) is 0 Å². The zero-order chi connectivity index (χ0) is 11.6. The first kappa shape index (κ1) is 16.1. The maximum atomic E-state index is 11.3. The highest BCUT2D eigenvalue weighted by Gasteiger charge is 2.15. The lowest BCUT2D eigenvalue weighted by Gasteiger charge is -2.12. The molecule has 0 amide bonds. The standard InChI is InChI=1S/C10H21NO.C2H6/c1-4-5-6-7-9(11)10(12)8(2)3;1-2/h8-9H,4-7,11H2,1-3H3;1-2H3. The van der Waals surface area contributed by atoms with Crippen LogP contribution >= 0.6 is 0 Å². The van der Waals surface area contributed by atoms with Gasteiger partial charge in [-0.15, -0.1) is 0 Å². The van der Waals surface area contributed by atoms with Gasteiger partial charge in [-0.3, -0.25) is 4.79 Å². The SMILES string of the molecule is CC.CCCCCC(N)C(=O)C(C)C. The largest absolute Gasteiger partial charge is 0.321 e. The number of rotatable bonds is 6. The van der Waals surface area contributed by atoms with Crippen molar-refractivity contribution in [3.05, 3.63) is 0 Å². The zero-order valence-corrected chi connectivity index (χ0v) is 10.5. The second-order valence-corrected chi connectivity index (χ2v) is 3.66. The summed E-state index contributed by atoms with van der Waals surface area (Å²) in [5, 5.41) is 0. The molecule has 0 aliphatic heterocycles. The fourth-order valence-corrected chi connectivity index (χ4v) is 1.18. The van der Waals surface area contributed by atoms with E-state index < -0.39 is 0 Å². The summed E-state index contributed by atoms with van der Waals surface area (Å²) in [6, 6.07) is -0.225. The number of ketones is 1. The van der Waals surface area contributed by atoms with E-state index in [1.54, 1.807) is 0 Å². The van der Waals surface area contributed by atoms with E-state index in [0.717, 1.165) is 12.8 Å². The minimum absolute atomic E-state index is 0.0848. The van der Waals surface area contributed by atoms with Crippen molar-refractivity contribution in [1.29, 1.82) is 0 Å². The van der Waals surface area contributed by atoms with Crippen molar-refractivity contribution in [2.45, 2.75) is 66.3 Å². The molecule has 14 heavy (non-hydrogen) atoms. The Morgan fingerprint density at radius 3 is 2.07 bits per heavy atom. The number of hydrogen-bond donors (Lipinski definition) is 1. The quantitative estimate of drug-likeness (QED) is 0.671. The Morgan fingerprint density at radius 2 is 1.71 bits per heavy atom. The third kappa shape index (κ3) is 8.24. The Labute approximate surface area is 89.3 Å².